The van der Waals surface area contributed by atoms with Gasteiger partial charge >= 0.3 is 0 Å². The minimum Gasteiger partial charge on any atom is -0.494 e. The van der Waals surface area contributed by atoms with E-state index >= 15 is 0 Å². The molecule has 4 aromatic rings. The second kappa shape index (κ2) is 8.88. The molecule has 0 saturated heterocycles. The number of hydrogen-bond donors (Lipinski definition) is 0. The van der Waals surface area contributed by atoms with Crippen LogP contribution in [0.1, 0.15) is 12.8 Å². The van der Waals surface area contributed by atoms with Crippen LogP contribution in [0, 0.1) is 0 Å². The van der Waals surface area contributed by atoms with Crippen LogP contribution in [-0.2, 0) is 0 Å². The van der Waals surface area contributed by atoms with Crippen LogP contribution in [0.5, 0.6) is 5.75 Å². The third kappa shape index (κ3) is 4.46. The van der Waals surface area contributed by atoms with Crippen LogP contribution in [0.4, 0.5) is 0 Å². The number of pyridine rings is 1. The van der Waals surface area contributed by atoms with Gasteiger partial charge in [0.1, 0.15) is 11.4 Å². The lowest BCUT2D eigenvalue weighted by Gasteiger charge is -2.10. The average molecular weight is 386 g/mol. The number of nitrogens with zero attached hydrogens (tertiary/aromatic N) is 4. The van der Waals surface area contributed by atoms with Gasteiger partial charge < -0.3 is 9.64 Å². The second-order valence-electron chi connectivity index (χ2n) is 7.36. The molecule has 5 heteroatoms. The number of aromatic nitrogens is 3. The quantitative estimate of drug-likeness (QED) is 0.408. The lowest BCUT2D eigenvalue weighted by molar-refractivity contribution is 0.293. The molecule has 0 fully saturated rings. The van der Waals surface area contributed by atoms with E-state index < -0.39 is 0 Å². The Labute approximate surface area is 171 Å². The fourth-order valence-electron chi connectivity index (χ4n) is 3.37. The van der Waals surface area contributed by atoms with Crippen LogP contribution in [0.15, 0.2) is 72.9 Å². The fourth-order valence-corrected chi connectivity index (χ4v) is 3.37. The van der Waals surface area contributed by atoms with Crippen LogP contribution in [0.2, 0.25) is 0 Å². The maximum Gasteiger partial charge on any atom is 0.163 e. The van der Waals surface area contributed by atoms with Gasteiger partial charge in [0, 0.05) is 23.2 Å². The van der Waals surface area contributed by atoms with Crippen LogP contribution >= 0.6 is 0 Å². The zero-order chi connectivity index (χ0) is 20.1. The largest absolute Gasteiger partial charge is 0.494 e. The van der Waals surface area contributed by atoms with E-state index in [1.165, 1.54) is 0 Å². The van der Waals surface area contributed by atoms with Gasteiger partial charge in [-0.15, -0.1) is 0 Å². The number of benzene rings is 2. The summed E-state index contributed by atoms with van der Waals surface area (Å²) in [4.78, 5) is 6.79. The van der Waals surface area contributed by atoms with Crippen LogP contribution in [0.25, 0.3) is 28.0 Å². The lowest BCUT2D eigenvalue weighted by Crippen LogP contribution is -2.13. The van der Waals surface area contributed by atoms with E-state index in [4.69, 9.17) is 9.84 Å². The highest BCUT2D eigenvalue weighted by molar-refractivity contribution is 5.91. The molecule has 2 heterocycles. The predicted molar refractivity (Wildman–Crippen MR) is 118 cm³/mol. The lowest BCUT2D eigenvalue weighted by atomic mass is 10.1. The van der Waals surface area contributed by atoms with Gasteiger partial charge in [0.05, 0.1) is 12.3 Å². The topological polar surface area (TPSA) is 43.2 Å². The number of hydrogen-bond acceptors (Lipinski definition) is 4. The Kier molecular flexibility index (Phi) is 5.86. The van der Waals surface area contributed by atoms with E-state index in [9.17, 15) is 0 Å². The molecule has 29 heavy (non-hydrogen) atoms. The van der Waals surface area contributed by atoms with E-state index in [0.717, 1.165) is 53.1 Å². The van der Waals surface area contributed by atoms with Gasteiger partial charge in [-0.2, -0.15) is 5.10 Å². The Hall–Kier alpha value is -3.18. The van der Waals surface area contributed by atoms with Gasteiger partial charge in [0.2, 0.25) is 0 Å². The molecule has 2 aromatic carbocycles. The molecule has 0 aliphatic rings. The molecule has 0 unspecified atom stereocenters. The van der Waals surface area contributed by atoms with Crippen molar-refractivity contribution in [2.45, 2.75) is 12.8 Å². The fraction of sp³-hybridized carbons (Fsp3) is 0.250. The molecule has 0 bridgehead atoms. The van der Waals surface area contributed by atoms with Crippen molar-refractivity contribution in [3.63, 3.8) is 0 Å². The van der Waals surface area contributed by atoms with Crippen molar-refractivity contribution >= 4 is 11.0 Å². The van der Waals surface area contributed by atoms with E-state index in [2.05, 4.69) is 42.2 Å². The highest BCUT2D eigenvalue weighted by Crippen LogP contribution is 2.29. The Balaban J connectivity index is 1.60. The van der Waals surface area contributed by atoms with Crippen LogP contribution in [-0.4, -0.2) is 46.9 Å². The van der Waals surface area contributed by atoms with Crippen molar-refractivity contribution in [1.29, 1.82) is 0 Å². The summed E-state index contributed by atoms with van der Waals surface area (Å²) >= 11 is 0. The Bertz CT molecular complexity index is 1070. The molecule has 0 N–H and O–H groups in total. The summed E-state index contributed by atoms with van der Waals surface area (Å²) in [5, 5.41) is 5.93. The number of rotatable bonds is 8. The maximum absolute atomic E-state index is 5.97. The smallest absolute Gasteiger partial charge is 0.163 e. The Morgan fingerprint density at radius 2 is 1.79 bits per heavy atom. The monoisotopic (exact) mass is 386 g/mol. The third-order valence-corrected chi connectivity index (χ3v) is 4.82. The first-order valence-corrected chi connectivity index (χ1v) is 9.99. The summed E-state index contributed by atoms with van der Waals surface area (Å²) in [6.45, 7) is 1.79. The first-order valence-electron chi connectivity index (χ1n) is 9.99. The molecule has 0 radical (unpaired) electrons. The van der Waals surface area contributed by atoms with Gasteiger partial charge in [-0.25, -0.2) is 9.67 Å². The van der Waals surface area contributed by atoms with Crippen molar-refractivity contribution in [3.05, 3.63) is 72.9 Å². The molecule has 0 amide bonds. The minimum absolute atomic E-state index is 0.713. The number of ether oxygens (including phenoxy) is 1. The first kappa shape index (κ1) is 19.2. The number of unbranched alkanes of at least 4 members (excludes halogenated alkanes) is 1. The molecule has 148 valence electrons. The first-order chi connectivity index (χ1) is 14.2. The van der Waals surface area contributed by atoms with Crippen LogP contribution < -0.4 is 4.74 Å². The maximum atomic E-state index is 5.97. The summed E-state index contributed by atoms with van der Waals surface area (Å²) in [5.74, 6) is 0.855. The van der Waals surface area contributed by atoms with E-state index in [-0.39, 0.29) is 0 Å². The molecule has 0 aliphatic carbocycles. The second-order valence-corrected chi connectivity index (χ2v) is 7.36. The summed E-state index contributed by atoms with van der Waals surface area (Å²) in [7, 11) is 4.19. The van der Waals surface area contributed by atoms with E-state index in [0.29, 0.717) is 6.61 Å². The van der Waals surface area contributed by atoms with Gasteiger partial charge in [-0.1, -0.05) is 36.4 Å². The summed E-state index contributed by atoms with van der Waals surface area (Å²) < 4.78 is 7.87. The van der Waals surface area contributed by atoms with Crippen molar-refractivity contribution in [2.24, 2.45) is 0 Å². The standard InChI is InChI=1S/C24H26N4O/c1-27(2)16-6-7-17-29-21-13-8-12-20(18-21)28-24-22(14-9-15-25-24)23(26-28)19-10-4-3-5-11-19/h3-5,8-15,18H,6-7,16-17H2,1-2H3. The van der Waals surface area contributed by atoms with E-state index in [1.54, 1.807) is 6.20 Å². The molecule has 0 atom stereocenters. The summed E-state index contributed by atoms with van der Waals surface area (Å²) in [5.41, 5.74) is 3.80. The van der Waals surface area contributed by atoms with Gasteiger partial charge in [0.25, 0.3) is 0 Å². The van der Waals surface area contributed by atoms with Gasteiger partial charge in [0.15, 0.2) is 5.65 Å². The molecule has 5 nitrogen and oxygen atoms in total. The molecule has 0 aliphatic heterocycles. The Morgan fingerprint density at radius 3 is 2.62 bits per heavy atom. The van der Waals surface area contributed by atoms with Crippen molar-refractivity contribution in [1.82, 2.24) is 19.7 Å². The average Bonchev–Trinajstić information content (AvgIpc) is 3.14. The zero-order valence-electron chi connectivity index (χ0n) is 17.0. The van der Waals surface area contributed by atoms with Crippen LogP contribution in [0.3, 0.4) is 0 Å². The van der Waals surface area contributed by atoms with Crippen molar-refractivity contribution in [2.75, 3.05) is 27.2 Å². The highest BCUT2D eigenvalue weighted by Gasteiger charge is 2.14. The van der Waals surface area contributed by atoms with Crippen molar-refractivity contribution in [3.8, 4) is 22.7 Å². The molecule has 0 saturated carbocycles. The SMILES string of the molecule is CN(C)CCCCOc1cccc(-n2nc(-c3ccccc3)c3cccnc32)c1. The molecular formula is C24H26N4O. The van der Waals surface area contributed by atoms with Gasteiger partial charge in [-0.3, -0.25) is 0 Å². The third-order valence-electron chi connectivity index (χ3n) is 4.82. The highest BCUT2D eigenvalue weighted by atomic mass is 16.5. The van der Waals surface area contributed by atoms with Gasteiger partial charge in [-0.05, 0) is 57.7 Å². The molecular weight excluding hydrogens is 360 g/mol. The summed E-state index contributed by atoms with van der Waals surface area (Å²) in [6, 6.07) is 22.3. The van der Waals surface area contributed by atoms with E-state index in [1.807, 2.05) is 53.2 Å². The minimum atomic E-state index is 0.713. The molecule has 0 spiro atoms. The Morgan fingerprint density at radius 1 is 0.931 bits per heavy atom. The summed E-state index contributed by atoms with van der Waals surface area (Å²) in [6.07, 6.45) is 3.97. The molecule has 2 aromatic heterocycles. The molecule has 4 rings (SSSR count). The predicted octanol–water partition coefficient (Wildman–Crippen LogP) is 4.81. The number of fused-ring (bicyclic) bond motifs is 1. The zero-order valence-corrected chi connectivity index (χ0v) is 17.0. The normalized spacial score (nSPS) is 11.3. The van der Waals surface area contributed by atoms with Crippen molar-refractivity contribution < 1.29 is 4.74 Å².